The van der Waals surface area contributed by atoms with Crippen molar-refractivity contribution in [3.8, 4) is 0 Å². The van der Waals surface area contributed by atoms with Crippen LogP contribution in [0.15, 0.2) is 30.3 Å². The summed E-state index contributed by atoms with van der Waals surface area (Å²) in [7, 11) is 0. The number of aromatic carboxylic acids is 1. The molecule has 4 fully saturated rings. The largest absolute Gasteiger partial charge is 0.481 e. The Bertz CT molecular complexity index is 1420. The molecule has 6 rings (SSSR count). The Labute approximate surface area is 288 Å². The van der Waals surface area contributed by atoms with Crippen LogP contribution >= 0.6 is 0 Å². The summed E-state index contributed by atoms with van der Waals surface area (Å²) >= 11 is 0. The van der Waals surface area contributed by atoms with Gasteiger partial charge in [0, 0.05) is 19.6 Å². The molecule has 1 aromatic carbocycles. The third kappa shape index (κ3) is 5.84. The van der Waals surface area contributed by atoms with Crippen LogP contribution in [0.25, 0.3) is 5.57 Å². The number of rotatable bonds is 11. The second-order valence-corrected chi connectivity index (χ2v) is 17.4. The molecule has 3 N–H and O–H groups in total. The molecule has 7 nitrogen and oxygen atoms in total. The van der Waals surface area contributed by atoms with E-state index in [9.17, 15) is 19.5 Å². The molecule has 0 aliphatic heterocycles. The molecule has 5 aliphatic carbocycles. The second kappa shape index (κ2) is 13.2. The van der Waals surface area contributed by atoms with Gasteiger partial charge in [-0.3, -0.25) is 9.59 Å². The maximum absolute atomic E-state index is 14.1. The first-order valence-corrected chi connectivity index (χ1v) is 19.0. The van der Waals surface area contributed by atoms with Gasteiger partial charge in [-0.1, -0.05) is 59.2 Å². The highest BCUT2D eigenvalue weighted by molar-refractivity contribution is 5.88. The van der Waals surface area contributed by atoms with Crippen molar-refractivity contribution in [2.45, 2.75) is 112 Å². The topological polar surface area (TPSA) is 107 Å². The summed E-state index contributed by atoms with van der Waals surface area (Å²) < 4.78 is 0. The van der Waals surface area contributed by atoms with Gasteiger partial charge < -0.3 is 20.4 Å². The van der Waals surface area contributed by atoms with Gasteiger partial charge >= 0.3 is 11.9 Å². The number of nitrogens with one attached hydrogen (secondary N) is 1. The lowest BCUT2D eigenvalue weighted by Crippen LogP contribution is -2.62. The van der Waals surface area contributed by atoms with Crippen LogP contribution in [0.3, 0.4) is 0 Å². The number of carboxylic acids is 2. The third-order valence-corrected chi connectivity index (χ3v) is 14.9. The summed E-state index contributed by atoms with van der Waals surface area (Å²) in [6.45, 7) is 14.9. The van der Waals surface area contributed by atoms with Crippen LogP contribution in [0, 0.1) is 51.2 Å². The van der Waals surface area contributed by atoms with E-state index in [-0.39, 0.29) is 34.0 Å². The van der Waals surface area contributed by atoms with E-state index in [4.69, 9.17) is 5.11 Å². The highest BCUT2D eigenvalue weighted by atomic mass is 16.4. The molecule has 5 aliphatic rings. The molecular weight excluding hydrogens is 600 g/mol. The van der Waals surface area contributed by atoms with E-state index in [0.29, 0.717) is 54.8 Å². The van der Waals surface area contributed by atoms with Gasteiger partial charge in [0.2, 0.25) is 5.91 Å². The molecule has 0 spiro atoms. The smallest absolute Gasteiger partial charge is 0.335 e. The zero-order valence-electron chi connectivity index (χ0n) is 30.2. The van der Waals surface area contributed by atoms with Gasteiger partial charge in [0.25, 0.3) is 0 Å². The molecule has 0 saturated heterocycles. The van der Waals surface area contributed by atoms with Crippen molar-refractivity contribution in [2.24, 2.45) is 51.2 Å². The fraction of sp³-hybridized carbons (Fsp3) is 0.732. The van der Waals surface area contributed by atoms with E-state index >= 15 is 0 Å². The highest BCUT2D eigenvalue weighted by Gasteiger charge is 2.66. The minimum Gasteiger partial charge on any atom is -0.481 e. The van der Waals surface area contributed by atoms with E-state index in [1.165, 1.54) is 37.7 Å². The molecule has 264 valence electrons. The predicted molar refractivity (Wildman–Crippen MR) is 189 cm³/mol. The maximum Gasteiger partial charge on any atom is 0.335 e. The minimum absolute atomic E-state index is 0.00150. The number of hydrogen-bond acceptors (Lipinski definition) is 4. The summed E-state index contributed by atoms with van der Waals surface area (Å²) in [5, 5.41) is 22.0. The van der Waals surface area contributed by atoms with Crippen LogP contribution in [0.5, 0.6) is 0 Å². The average molecular weight is 661 g/mol. The number of carbonyl (C=O) groups is 3. The van der Waals surface area contributed by atoms with Crippen molar-refractivity contribution in [2.75, 3.05) is 26.2 Å². The van der Waals surface area contributed by atoms with Crippen molar-refractivity contribution < 1.29 is 24.6 Å². The molecule has 0 bridgehead atoms. The number of allylic oxidation sites excluding steroid dienone is 2. The van der Waals surface area contributed by atoms with Gasteiger partial charge in [-0.25, -0.2) is 4.79 Å². The molecule has 0 radical (unpaired) electrons. The van der Waals surface area contributed by atoms with Crippen molar-refractivity contribution in [3.63, 3.8) is 0 Å². The Morgan fingerprint density at radius 1 is 0.833 bits per heavy atom. The fourth-order valence-corrected chi connectivity index (χ4v) is 12.9. The predicted octanol–water partition coefficient (Wildman–Crippen LogP) is 8.15. The van der Waals surface area contributed by atoms with Crippen LogP contribution in [0.4, 0.5) is 0 Å². The number of carbonyl (C=O) groups excluding carboxylic acids is 1. The van der Waals surface area contributed by atoms with Crippen molar-refractivity contribution in [1.29, 1.82) is 0 Å². The Kier molecular flexibility index (Phi) is 9.69. The molecule has 0 aromatic heterocycles. The number of aliphatic carboxylic acids is 1. The first kappa shape index (κ1) is 35.2. The van der Waals surface area contributed by atoms with Crippen LogP contribution in [-0.2, 0) is 9.59 Å². The molecule has 1 aromatic rings. The first-order valence-electron chi connectivity index (χ1n) is 19.0. The van der Waals surface area contributed by atoms with Crippen LogP contribution in [0.2, 0.25) is 0 Å². The first-order chi connectivity index (χ1) is 22.8. The Balaban J connectivity index is 1.17. The van der Waals surface area contributed by atoms with E-state index in [1.807, 2.05) is 12.1 Å². The summed E-state index contributed by atoms with van der Waals surface area (Å²) in [6, 6.07) is 7.50. The van der Waals surface area contributed by atoms with Crippen molar-refractivity contribution in [3.05, 3.63) is 41.5 Å². The van der Waals surface area contributed by atoms with E-state index < -0.39 is 11.9 Å². The van der Waals surface area contributed by atoms with Crippen molar-refractivity contribution in [1.82, 2.24) is 10.2 Å². The van der Waals surface area contributed by atoms with Crippen LogP contribution < -0.4 is 5.32 Å². The van der Waals surface area contributed by atoms with Gasteiger partial charge in [0.05, 0.1) is 17.4 Å². The summed E-state index contributed by atoms with van der Waals surface area (Å²) in [4.78, 5) is 38.9. The molecule has 48 heavy (non-hydrogen) atoms. The molecule has 8 unspecified atom stereocenters. The standard InChI is InChI=1S/C41H60N2O5/c1-6-24-43(25-18-35(44)45)26-23-42-37(48)41-19-7-8-32(41)29-13-14-34-39(4,31(29)16-22-41)21-17-33-38(2,3)30(15-20-40(33,34)5)27-9-11-28(12-10-27)36(46)47/h9-12,15,29,31-34H,6-8,13-14,16-26H2,1-5H3,(H,42,48)(H,44,45)(H,46,47). The number of hydrogen-bond donors (Lipinski definition) is 3. The highest BCUT2D eigenvalue weighted by Crippen LogP contribution is 2.73. The monoisotopic (exact) mass is 660 g/mol. The molecule has 8 atom stereocenters. The Hall–Kier alpha value is -2.67. The lowest BCUT2D eigenvalue weighted by molar-refractivity contribution is -0.181. The quantitative estimate of drug-likeness (QED) is 0.221. The normalized spacial score (nSPS) is 36.6. The SMILES string of the molecule is CCCN(CCNC(=O)C12CCCC1C1CCC3C(C)(CCC4C(C)(C)C(c5ccc(C(=O)O)cc5)=CCC43C)C1CC2)CCC(=O)O. The van der Waals surface area contributed by atoms with Crippen LogP contribution in [-0.4, -0.2) is 59.1 Å². The lowest BCUT2D eigenvalue weighted by atomic mass is 9.36. The number of carboxylic acid groups (broad SMARTS) is 2. The zero-order valence-corrected chi connectivity index (χ0v) is 30.2. The van der Waals surface area contributed by atoms with E-state index in [1.54, 1.807) is 12.1 Å². The van der Waals surface area contributed by atoms with Crippen molar-refractivity contribution >= 4 is 23.4 Å². The number of benzene rings is 1. The maximum atomic E-state index is 14.1. The molecule has 7 heteroatoms. The number of nitrogens with zero attached hydrogens (tertiary/aromatic N) is 1. The fourth-order valence-electron chi connectivity index (χ4n) is 12.9. The molecule has 0 heterocycles. The number of amides is 1. The molecule has 1 amide bonds. The molecular formula is C41H60N2O5. The summed E-state index contributed by atoms with van der Waals surface area (Å²) in [6.07, 6.45) is 15.1. The van der Waals surface area contributed by atoms with Gasteiger partial charge in [0.1, 0.15) is 0 Å². The lowest BCUT2D eigenvalue weighted by Gasteiger charge is -2.68. The minimum atomic E-state index is -0.880. The summed E-state index contributed by atoms with van der Waals surface area (Å²) in [5.41, 5.74) is 3.15. The average Bonchev–Trinajstić information content (AvgIpc) is 3.49. The van der Waals surface area contributed by atoms with Gasteiger partial charge in [-0.2, -0.15) is 0 Å². The Morgan fingerprint density at radius 3 is 2.27 bits per heavy atom. The summed E-state index contributed by atoms with van der Waals surface area (Å²) in [5.74, 6) is 1.62. The Morgan fingerprint density at radius 2 is 1.58 bits per heavy atom. The van der Waals surface area contributed by atoms with Gasteiger partial charge in [0.15, 0.2) is 0 Å². The second-order valence-electron chi connectivity index (χ2n) is 17.4. The third-order valence-electron chi connectivity index (χ3n) is 14.9. The molecule has 4 saturated carbocycles. The van der Waals surface area contributed by atoms with Gasteiger partial charge in [-0.05, 0) is 140 Å². The van der Waals surface area contributed by atoms with Gasteiger partial charge in [-0.15, -0.1) is 0 Å². The number of fused-ring (bicyclic) bond motifs is 7. The zero-order chi connectivity index (χ0) is 34.5. The van der Waals surface area contributed by atoms with E-state index in [0.717, 1.165) is 50.6 Å². The van der Waals surface area contributed by atoms with Crippen LogP contribution in [0.1, 0.15) is 128 Å². The van der Waals surface area contributed by atoms with E-state index in [2.05, 4.69) is 50.9 Å².